The van der Waals surface area contributed by atoms with E-state index in [2.05, 4.69) is 32.3 Å². The Balaban J connectivity index is 1.83. The van der Waals surface area contributed by atoms with Crippen LogP contribution < -0.4 is 30.7 Å². The summed E-state index contributed by atoms with van der Waals surface area (Å²) < 4.78 is 1.94. The minimum absolute atomic E-state index is 0.0651. The van der Waals surface area contributed by atoms with Gasteiger partial charge < -0.3 is 16.0 Å². The number of hydrogen-bond acceptors (Lipinski definition) is 8. The second-order valence-electron chi connectivity index (χ2n) is 7.78. The number of nitrogens with one attached hydrogen (secondary N) is 3. The molecule has 0 aliphatic carbocycles. The summed E-state index contributed by atoms with van der Waals surface area (Å²) in [5, 5.41) is 26.1. The number of rotatable bonds is 8. The van der Waals surface area contributed by atoms with Gasteiger partial charge >= 0.3 is 0 Å². The Hall–Kier alpha value is -4.37. The highest BCUT2D eigenvalue weighted by Gasteiger charge is 2.15. The molecule has 0 bridgehead atoms. The highest BCUT2D eigenvalue weighted by Crippen LogP contribution is 2.15. The summed E-state index contributed by atoms with van der Waals surface area (Å²) in [5.74, 6) is -0.803. The Morgan fingerprint density at radius 1 is 1.19 bits per heavy atom. The van der Waals surface area contributed by atoms with Crippen molar-refractivity contribution in [2.45, 2.75) is 26.3 Å². The van der Waals surface area contributed by atoms with Crippen LogP contribution >= 0.6 is 11.3 Å². The second kappa shape index (κ2) is 12.9. The fraction of sp³-hybridized carbons (Fsp3) is 0.320. The lowest BCUT2D eigenvalue weighted by Crippen LogP contribution is -2.30. The molecule has 0 unspecified atom stereocenters. The van der Waals surface area contributed by atoms with E-state index < -0.39 is 5.91 Å². The summed E-state index contributed by atoms with van der Waals surface area (Å²) in [6.07, 6.45) is 3.73. The molecule has 1 saturated heterocycles. The Morgan fingerprint density at radius 2 is 1.94 bits per heavy atom. The molecule has 10 nitrogen and oxygen atoms in total. The third-order valence-electron chi connectivity index (χ3n) is 5.25. The third-order valence-corrected chi connectivity index (χ3v) is 6.27. The zero-order valence-corrected chi connectivity index (χ0v) is 20.6. The summed E-state index contributed by atoms with van der Waals surface area (Å²) in [4.78, 5) is 39.1. The van der Waals surface area contributed by atoms with Gasteiger partial charge in [-0.15, -0.1) is 0 Å². The zero-order valence-electron chi connectivity index (χ0n) is 19.8. The van der Waals surface area contributed by atoms with Gasteiger partial charge in [-0.05, 0) is 51.1 Å². The van der Waals surface area contributed by atoms with Gasteiger partial charge in [0.25, 0.3) is 11.5 Å². The van der Waals surface area contributed by atoms with E-state index in [0.717, 1.165) is 37.3 Å². The van der Waals surface area contributed by atoms with Gasteiger partial charge in [0.05, 0.1) is 12.6 Å². The van der Waals surface area contributed by atoms with Crippen LogP contribution in [0.15, 0.2) is 40.8 Å². The van der Waals surface area contributed by atoms with Crippen molar-refractivity contribution >= 4 is 46.0 Å². The largest absolute Gasteiger partial charge is 0.355 e. The van der Waals surface area contributed by atoms with Crippen molar-refractivity contribution in [3.63, 3.8) is 0 Å². The first-order chi connectivity index (χ1) is 17.4. The lowest BCUT2D eigenvalue weighted by molar-refractivity contribution is -0.117. The predicted molar refractivity (Wildman–Crippen MR) is 137 cm³/mol. The molecule has 1 fully saturated rings. The maximum Gasteiger partial charge on any atom is 0.277 e. The Kier molecular flexibility index (Phi) is 9.41. The fourth-order valence-corrected chi connectivity index (χ4v) is 4.53. The average molecular weight is 504 g/mol. The fourth-order valence-electron chi connectivity index (χ4n) is 3.55. The van der Waals surface area contributed by atoms with Gasteiger partial charge in [-0.3, -0.25) is 23.9 Å². The highest BCUT2D eigenvalue weighted by molar-refractivity contribution is 7.07. The second-order valence-corrected chi connectivity index (χ2v) is 8.78. The number of hydrogen-bond donors (Lipinski definition) is 3. The number of anilines is 2. The normalized spacial score (nSPS) is 12.4. The van der Waals surface area contributed by atoms with Crippen molar-refractivity contribution < 1.29 is 9.59 Å². The minimum atomic E-state index is -0.738. The number of carbonyl (C=O) groups excluding carboxylic acids is 2. The maximum atomic E-state index is 12.7. The maximum absolute atomic E-state index is 12.7. The molecule has 1 aliphatic heterocycles. The number of likely N-dealkylation sites (tertiary alicyclic amines) is 1. The first kappa shape index (κ1) is 26.2. The molecule has 1 aromatic carbocycles. The zero-order chi connectivity index (χ0) is 25.9. The summed E-state index contributed by atoms with van der Waals surface area (Å²) in [6, 6.07) is 10.7. The number of benzene rings is 1. The van der Waals surface area contributed by atoms with Crippen molar-refractivity contribution in [3.05, 3.63) is 55.6 Å². The van der Waals surface area contributed by atoms with Gasteiger partial charge in [0, 0.05) is 24.1 Å². The number of aromatic nitrogens is 1. The van der Waals surface area contributed by atoms with Crippen molar-refractivity contribution in [1.29, 1.82) is 10.5 Å². The molecule has 3 rings (SSSR count). The van der Waals surface area contributed by atoms with Gasteiger partial charge in [-0.1, -0.05) is 28.9 Å². The first-order valence-corrected chi connectivity index (χ1v) is 12.2. The van der Waals surface area contributed by atoms with Crippen LogP contribution in [0, 0.1) is 22.7 Å². The molecule has 1 aromatic heterocycles. The van der Waals surface area contributed by atoms with E-state index in [4.69, 9.17) is 5.26 Å². The molecule has 3 N–H and O–H groups in total. The summed E-state index contributed by atoms with van der Waals surface area (Å²) in [6.45, 7) is 4.09. The Labute approximate surface area is 211 Å². The molecule has 2 aromatic rings. The van der Waals surface area contributed by atoms with E-state index in [1.165, 1.54) is 10.8 Å². The van der Waals surface area contributed by atoms with Crippen molar-refractivity contribution in [1.82, 2.24) is 14.8 Å². The standard InChI is InChI=1S/C25H25N7O3S/c1-2-32-23(14-18(16-27)24(34)29-11-9-26)36-21(25(32)35)8-10-28-19-6-5-7-20(15-19)30-22(33)17-31-12-3-4-13-31/h5-7,10,15,28H,2-4,11-13,17H2,1H3,(H,29,34)(H,30,33). The molecule has 36 heavy (non-hydrogen) atoms. The van der Waals surface area contributed by atoms with E-state index in [1.54, 1.807) is 37.3 Å². The van der Waals surface area contributed by atoms with Gasteiger partial charge in [0.2, 0.25) is 5.91 Å². The van der Waals surface area contributed by atoms with Gasteiger partial charge in [0.15, 0.2) is 5.57 Å². The molecule has 1 aliphatic rings. The summed E-state index contributed by atoms with van der Waals surface area (Å²) in [5.41, 5.74) is 6.26. The lowest BCUT2D eigenvalue weighted by Gasteiger charge is -2.14. The van der Waals surface area contributed by atoms with Gasteiger partial charge in [-0.2, -0.15) is 10.5 Å². The predicted octanol–water partition coefficient (Wildman–Crippen LogP) is 0.438. The molecule has 0 atom stereocenters. The van der Waals surface area contributed by atoms with Gasteiger partial charge in [0.1, 0.15) is 21.8 Å². The van der Waals surface area contributed by atoms with Crippen LogP contribution in [0.5, 0.6) is 0 Å². The SMILES string of the molecule is CCn1c(=C=C(C#N)C(=O)NCC#N)sc(=C=CNc2cccc(NC(=O)CN3CCCC3)c2)c1=O. The number of thiazole rings is 1. The van der Waals surface area contributed by atoms with Crippen LogP contribution in [0.25, 0.3) is 11.5 Å². The van der Waals surface area contributed by atoms with Crippen LogP contribution in [0.2, 0.25) is 0 Å². The van der Waals surface area contributed by atoms with E-state index in [0.29, 0.717) is 29.1 Å². The topological polar surface area (TPSA) is 143 Å². The number of nitrogens with zero attached hydrogens (tertiary/aromatic N) is 4. The Bertz CT molecular complexity index is 1470. The van der Waals surface area contributed by atoms with Crippen LogP contribution in [0.3, 0.4) is 0 Å². The molecule has 0 saturated carbocycles. The first-order valence-electron chi connectivity index (χ1n) is 11.3. The van der Waals surface area contributed by atoms with Crippen molar-refractivity contribution in [3.8, 4) is 12.1 Å². The van der Waals surface area contributed by atoms with E-state index in [9.17, 15) is 19.6 Å². The quantitative estimate of drug-likeness (QED) is 0.269. The lowest BCUT2D eigenvalue weighted by atomic mass is 10.2. The molecular weight excluding hydrogens is 478 g/mol. The molecule has 2 amide bonds. The van der Waals surface area contributed by atoms with Crippen LogP contribution in [0.1, 0.15) is 19.8 Å². The summed E-state index contributed by atoms with van der Waals surface area (Å²) >= 11 is 1.04. The number of amides is 2. The monoisotopic (exact) mass is 503 g/mol. The van der Waals surface area contributed by atoms with Crippen molar-refractivity contribution in [2.24, 2.45) is 0 Å². The Morgan fingerprint density at radius 3 is 2.64 bits per heavy atom. The highest BCUT2D eigenvalue weighted by atomic mass is 32.1. The van der Waals surface area contributed by atoms with Crippen LogP contribution in [0.4, 0.5) is 11.4 Å². The molecule has 2 heterocycles. The van der Waals surface area contributed by atoms with E-state index in [-0.39, 0.29) is 28.1 Å². The third kappa shape index (κ3) is 7.07. The summed E-state index contributed by atoms with van der Waals surface area (Å²) in [7, 11) is 0. The average Bonchev–Trinajstić information content (AvgIpc) is 3.48. The molecule has 0 spiro atoms. The molecule has 0 radical (unpaired) electrons. The molecule has 11 heteroatoms. The number of carbonyl (C=O) groups is 2. The number of nitriles is 2. The molecular formula is C25H25N7O3S. The smallest absolute Gasteiger partial charge is 0.277 e. The van der Waals surface area contributed by atoms with Crippen LogP contribution in [-0.2, 0) is 16.1 Å². The van der Waals surface area contributed by atoms with Crippen molar-refractivity contribution in [2.75, 3.05) is 36.8 Å². The molecule has 184 valence electrons. The van der Waals surface area contributed by atoms with Crippen LogP contribution in [-0.4, -0.2) is 47.5 Å². The van der Waals surface area contributed by atoms with Gasteiger partial charge in [-0.25, -0.2) is 0 Å². The van der Waals surface area contributed by atoms with E-state index in [1.807, 2.05) is 6.07 Å². The van der Waals surface area contributed by atoms with E-state index >= 15 is 0 Å². The minimum Gasteiger partial charge on any atom is -0.355 e.